The molecule has 232 valence electrons. The molecule has 0 aliphatic carbocycles. The fourth-order valence-corrected chi connectivity index (χ4v) is 4.52. The normalized spacial score (nSPS) is 14.4. The van der Waals surface area contributed by atoms with Crippen molar-refractivity contribution < 1.29 is 28.7 Å². The smallest absolute Gasteiger partial charge is 0.408 e. The highest BCUT2D eigenvalue weighted by Crippen LogP contribution is 2.30. The minimum atomic E-state index is -0.972. The highest BCUT2D eigenvalue weighted by Gasteiger charge is 2.40. The molecule has 9 heteroatoms. The number of hydrogen-bond acceptors (Lipinski definition) is 6. The van der Waals surface area contributed by atoms with Crippen molar-refractivity contribution in [3.8, 4) is 0 Å². The van der Waals surface area contributed by atoms with Crippen LogP contribution in [0.1, 0.15) is 105 Å². The van der Waals surface area contributed by atoms with Gasteiger partial charge in [0.2, 0.25) is 11.8 Å². The second-order valence-corrected chi connectivity index (χ2v) is 12.2. The van der Waals surface area contributed by atoms with Crippen molar-refractivity contribution in [2.75, 3.05) is 13.2 Å². The van der Waals surface area contributed by atoms with E-state index in [0.717, 1.165) is 12.0 Å². The van der Waals surface area contributed by atoms with Crippen LogP contribution in [0.15, 0.2) is 24.3 Å². The molecule has 9 nitrogen and oxygen atoms in total. The van der Waals surface area contributed by atoms with Gasteiger partial charge in [-0.2, -0.15) is 0 Å². The summed E-state index contributed by atoms with van der Waals surface area (Å²) in [5, 5.41) is 5.67. The fourth-order valence-electron chi connectivity index (χ4n) is 4.52. The van der Waals surface area contributed by atoms with E-state index < -0.39 is 35.7 Å². The van der Waals surface area contributed by atoms with Gasteiger partial charge in [0.1, 0.15) is 17.7 Å². The first-order chi connectivity index (χ1) is 19.1. The molecule has 0 aromatic heterocycles. The average molecular weight is 576 g/mol. The maximum atomic E-state index is 14.5. The first-order valence-corrected chi connectivity index (χ1v) is 14.9. The maximum Gasteiger partial charge on any atom is 0.408 e. The van der Waals surface area contributed by atoms with Crippen molar-refractivity contribution in [3.05, 3.63) is 35.4 Å². The third-order valence-corrected chi connectivity index (χ3v) is 6.99. The van der Waals surface area contributed by atoms with Crippen molar-refractivity contribution >= 4 is 23.9 Å². The van der Waals surface area contributed by atoms with E-state index >= 15 is 0 Å². The molecule has 1 aromatic rings. The summed E-state index contributed by atoms with van der Waals surface area (Å²) in [4.78, 5) is 54.9. The van der Waals surface area contributed by atoms with Crippen LogP contribution in [0.2, 0.25) is 0 Å². The van der Waals surface area contributed by atoms with Crippen LogP contribution < -0.4 is 10.6 Å². The predicted octanol–water partition coefficient (Wildman–Crippen LogP) is 5.70. The van der Waals surface area contributed by atoms with Gasteiger partial charge < -0.3 is 25.0 Å². The molecule has 0 spiro atoms. The Balaban J connectivity index is 3.61. The Kier molecular flexibility index (Phi) is 14.9. The van der Waals surface area contributed by atoms with Crippen molar-refractivity contribution in [1.29, 1.82) is 0 Å². The van der Waals surface area contributed by atoms with Crippen LogP contribution in [0, 0.1) is 18.8 Å². The summed E-state index contributed by atoms with van der Waals surface area (Å²) in [6.07, 6.45) is 1.48. The molecule has 0 heterocycles. The number of carbonyl (C=O) groups is 4. The summed E-state index contributed by atoms with van der Waals surface area (Å²) in [5.74, 6) is -0.977. The lowest BCUT2D eigenvalue weighted by atomic mass is 9.92. The molecular weight excluding hydrogens is 522 g/mol. The highest BCUT2D eigenvalue weighted by atomic mass is 16.6. The maximum absolute atomic E-state index is 14.5. The number of alkyl carbamates (subject to hydrolysis) is 1. The zero-order valence-corrected chi connectivity index (χ0v) is 26.8. The lowest BCUT2D eigenvalue weighted by Gasteiger charge is -2.40. The summed E-state index contributed by atoms with van der Waals surface area (Å²) in [5.41, 5.74) is 0.804. The standard InChI is InChI=1S/C32H53N3O6/c1-11-22(5)27(34-31(39)41-32(8,9)10)30(38)35(24(7)18-17-21(3)4)28(25-16-14-13-15-23(25)6)29(37)33-20-19-26(36)40-12-2/h13-16,21-22,24,27-28H,11-12,17-20H2,1-10H3,(H,33,37)(H,34,39). The number of hydrogen-bond donors (Lipinski definition) is 2. The number of carbonyl (C=O) groups excluding carboxylic acids is 4. The number of benzene rings is 1. The third-order valence-electron chi connectivity index (χ3n) is 6.99. The third kappa shape index (κ3) is 12.1. The van der Waals surface area contributed by atoms with Gasteiger partial charge in [-0.1, -0.05) is 58.4 Å². The number of esters is 1. The number of amides is 3. The minimum absolute atomic E-state index is 0.0205. The Hall–Kier alpha value is -3.10. The Bertz CT molecular complexity index is 1000. The number of nitrogens with one attached hydrogen (secondary N) is 2. The van der Waals surface area contributed by atoms with Crippen LogP contribution in [0.5, 0.6) is 0 Å². The molecule has 3 amide bonds. The van der Waals surface area contributed by atoms with E-state index in [2.05, 4.69) is 24.5 Å². The SMILES string of the molecule is CCOC(=O)CCNC(=O)C(c1ccccc1C)N(C(=O)C(NC(=O)OC(C)(C)C)C(C)CC)C(C)CCC(C)C. The highest BCUT2D eigenvalue weighted by molar-refractivity contribution is 5.93. The van der Waals surface area contributed by atoms with Crippen LogP contribution in [-0.2, 0) is 23.9 Å². The van der Waals surface area contributed by atoms with Gasteiger partial charge in [0.15, 0.2) is 0 Å². The second kappa shape index (κ2) is 17.0. The van der Waals surface area contributed by atoms with Crippen molar-refractivity contribution in [2.24, 2.45) is 11.8 Å². The molecule has 41 heavy (non-hydrogen) atoms. The van der Waals surface area contributed by atoms with Crippen LogP contribution in [0.25, 0.3) is 0 Å². The van der Waals surface area contributed by atoms with E-state index in [1.165, 1.54) is 0 Å². The molecule has 0 aliphatic rings. The van der Waals surface area contributed by atoms with Gasteiger partial charge in [-0.3, -0.25) is 14.4 Å². The number of aryl methyl sites for hydroxylation is 1. The van der Waals surface area contributed by atoms with E-state index in [0.29, 0.717) is 24.3 Å². The van der Waals surface area contributed by atoms with Crippen molar-refractivity contribution in [1.82, 2.24) is 15.5 Å². The van der Waals surface area contributed by atoms with Gasteiger partial charge in [0.05, 0.1) is 13.0 Å². The summed E-state index contributed by atoms with van der Waals surface area (Å²) < 4.78 is 10.5. The zero-order chi connectivity index (χ0) is 31.3. The van der Waals surface area contributed by atoms with Gasteiger partial charge in [-0.05, 0) is 77.3 Å². The van der Waals surface area contributed by atoms with Gasteiger partial charge >= 0.3 is 12.1 Å². The van der Waals surface area contributed by atoms with Crippen LogP contribution >= 0.6 is 0 Å². The topological polar surface area (TPSA) is 114 Å². The first-order valence-electron chi connectivity index (χ1n) is 14.9. The molecule has 1 rings (SSSR count). The molecule has 0 saturated carbocycles. The number of nitrogens with zero attached hydrogens (tertiary/aromatic N) is 1. The second-order valence-electron chi connectivity index (χ2n) is 12.2. The van der Waals surface area contributed by atoms with Crippen LogP contribution in [-0.4, -0.2) is 59.6 Å². The van der Waals surface area contributed by atoms with E-state index in [1.807, 2.05) is 52.0 Å². The predicted molar refractivity (Wildman–Crippen MR) is 161 cm³/mol. The Labute approximate surface area is 247 Å². The van der Waals surface area contributed by atoms with Crippen LogP contribution in [0.4, 0.5) is 4.79 Å². The van der Waals surface area contributed by atoms with E-state index in [4.69, 9.17) is 9.47 Å². The van der Waals surface area contributed by atoms with E-state index in [-0.39, 0.29) is 37.4 Å². The summed E-state index contributed by atoms with van der Waals surface area (Å²) >= 11 is 0. The summed E-state index contributed by atoms with van der Waals surface area (Å²) in [7, 11) is 0. The monoisotopic (exact) mass is 575 g/mol. The van der Waals surface area contributed by atoms with Gasteiger partial charge in [-0.15, -0.1) is 0 Å². The molecule has 1 aromatic carbocycles. The number of rotatable bonds is 15. The molecule has 2 N–H and O–H groups in total. The van der Waals surface area contributed by atoms with Gasteiger partial charge in [0, 0.05) is 12.6 Å². The largest absolute Gasteiger partial charge is 0.466 e. The van der Waals surface area contributed by atoms with Gasteiger partial charge in [-0.25, -0.2) is 4.79 Å². The lowest BCUT2D eigenvalue weighted by molar-refractivity contribution is -0.147. The molecule has 0 fully saturated rings. The quantitative estimate of drug-likeness (QED) is 0.260. The van der Waals surface area contributed by atoms with Gasteiger partial charge in [0.25, 0.3) is 0 Å². The minimum Gasteiger partial charge on any atom is -0.466 e. The summed E-state index contributed by atoms with van der Waals surface area (Å²) in [6, 6.07) is 5.27. The zero-order valence-electron chi connectivity index (χ0n) is 26.8. The molecular formula is C32H53N3O6. The molecule has 4 atom stereocenters. The molecule has 0 aliphatic heterocycles. The Morgan fingerprint density at radius 3 is 2.15 bits per heavy atom. The lowest BCUT2D eigenvalue weighted by Crippen LogP contribution is -2.57. The number of ether oxygens (including phenoxy) is 2. The molecule has 0 bridgehead atoms. The molecule has 0 radical (unpaired) electrons. The van der Waals surface area contributed by atoms with Crippen LogP contribution in [0.3, 0.4) is 0 Å². The fraction of sp³-hybridized carbons (Fsp3) is 0.688. The molecule has 0 saturated heterocycles. The average Bonchev–Trinajstić information content (AvgIpc) is 2.87. The first kappa shape index (κ1) is 35.9. The van der Waals surface area contributed by atoms with Crippen molar-refractivity contribution in [2.45, 2.75) is 119 Å². The molecule has 4 unspecified atom stereocenters. The van der Waals surface area contributed by atoms with E-state index in [9.17, 15) is 19.2 Å². The summed E-state index contributed by atoms with van der Waals surface area (Å²) in [6.45, 7) is 19.3. The Morgan fingerprint density at radius 1 is 0.976 bits per heavy atom. The van der Waals surface area contributed by atoms with E-state index in [1.54, 1.807) is 32.6 Å². The van der Waals surface area contributed by atoms with Crippen molar-refractivity contribution in [3.63, 3.8) is 0 Å². The Morgan fingerprint density at radius 2 is 1.61 bits per heavy atom.